The molecule has 57 heavy (non-hydrogen) atoms. The van der Waals surface area contributed by atoms with Crippen LogP contribution in [0.15, 0.2) is 212 Å². The fourth-order valence-corrected chi connectivity index (χ4v) is 9.41. The molecular formula is C54H35N3. The van der Waals surface area contributed by atoms with Gasteiger partial charge in [-0.2, -0.15) is 0 Å². The molecule has 0 spiro atoms. The number of fused-ring (bicyclic) bond motifs is 6. The molecule has 266 valence electrons. The molecule has 0 aliphatic rings. The van der Waals surface area contributed by atoms with Crippen molar-refractivity contribution in [3.63, 3.8) is 0 Å². The summed E-state index contributed by atoms with van der Waals surface area (Å²) < 4.78 is 5.00. The standard InChI is InChI=1S/C54H35N3/c1-4-14-36(15-5-1)37-26-28-40(29-27-37)55(39-18-8-3-9-19-39)41-30-32-42(33-31-41)56-49-25-13-22-46-51-43(38-16-6-2-7-17-38)21-12-24-48(51)57-47-23-11-10-20-44(47)45-34-35-50(56)53(52(46)49)54(45)57/h1-35H. The highest BCUT2D eigenvalue weighted by Gasteiger charge is 2.24. The summed E-state index contributed by atoms with van der Waals surface area (Å²) in [6.07, 6.45) is 0. The van der Waals surface area contributed by atoms with Gasteiger partial charge in [0, 0.05) is 49.7 Å². The van der Waals surface area contributed by atoms with Crippen molar-refractivity contribution in [3.8, 4) is 27.9 Å². The minimum atomic E-state index is 1.10. The van der Waals surface area contributed by atoms with E-state index in [0.29, 0.717) is 0 Å². The largest absolute Gasteiger partial charge is 0.311 e. The van der Waals surface area contributed by atoms with Crippen LogP contribution in [-0.4, -0.2) is 8.97 Å². The van der Waals surface area contributed by atoms with E-state index < -0.39 is 0 Å². The number of nitrogens with zero attached hydrogens (tertiary/aromatic N) is 3. The second kappa shape index (κ2) is 12.5. The van der Waals surface area contributed by atoms with Crippen molar-refractivity contribution in [1.82, 2.24) is 8.97 Å². The molecular weight excluding hydrogens is 691 g/mol. The average Bonchev–Trinajstić information content (AvgIpc) is 3.76. The summed E-state index contributed by atoms with van der Waals surface area (Å²) in [5.41, 5.74) is 15.4. The molecule has 0 unspecified atom stereocenters. The molecule has 9 aromatic carbocycles. The zero-order valence-corrected chi connectivity index (χ0v) is 31.0. The van der Waals surface area contributed by atoms with Gasteiger partial charge in [0.15, 0.2) is 0 Å². The molecule has 0 N–H and O–H groups in total. The summed E-state index contributed by atoms with van der Waals surface area (Å²) in [6, 6.07) is 77.2. The van der Waals surface area contributed by atoms with Gasteiger partial charge in [-0.3, -0.25) is 0 Å². The van der Waals surface area contributed by atoms with E-state index in [4.69, 9.17) is 0 Å². The van der Waals surface area contributed by atoms with Crippen LogP contribution in [0.1, 0.15) is 0 Å². The molecule has 3 heterocycles. The summed E-state index contributed by atoms with van der Waals surface area (Å²) in [5, 5.41) is 7.65. The molecule has 0 radical (unpaired) electrons. The molecule has 0 bridgehead atoms. The van der Waals surface area contributed by atoms with Crippen LogP contribution in [-0.2, 0) is 0 Å². The molecule has 0 aliphatic carbocycles. The summed E-state index contributed by atoms with van der Waals surface area (Å²) >= 11 is 0. The second-order valence-electron chi connectivity index (χ2n) is 14.9. The SMILES string of the molecule is c1ccc(-c2ccc(N(c3ccccc3)c3ccc(-n4c5cccc6c7c(-c8ccccc8)cccc7n7c8ccccc8c8ccc4c(c65)c87)cc3)cc2)cc1. The Labute approximate surface area is 329 Å². The molecule has 0 saturated carbocycles. The number of benzene rings is 9. The minimum absolute atomic E-state index is 1.10. The first-order valence-electron chi connectivity index (χ1n) is 19.6. The first kappa shape index (κ1) is 31.7. The normalized spacial score (nSPS) is 11.9. The Morgan fingerprint density at radius 3 is 1.60 bits per heavy atom. The highest BCUT2D eigenvalue weighted by atomic mass is 15.1. The Morgan fingerprint density at radius 2 is 0.842 bits per heavy atom. The lowest BCUT2D eigenvalue weighted by atomic mass is 9.96. The van der Waals surface area contributed by atoms with Crippen molar-refractivity contribution in [2.45, 2.75) is 0 Å². The van der Waals surface area contributed by atoms with Gasteiger partial charge in [0.1, 0.15) is 0 Å². The van der Waals surface area contributed by atoms with Gasteiger partial charge in [0.25, 0.3) is 0 Å². The van der Waals surface area contributed by atoms with Crippen LogP contribution in [0, 0.1) is 0 Å². The molecule has 0 aliphatic heterocycles. The molecule has 12 rings (SSSR count). The van der Waals surface area contributed by atoms with Crippen LogP contribution >= 0.6 is 0 Å². The maximum absolute atomic E-state index is 2.53. The zero-order chi connectivity index (χ0) is 37.5. The van der Waals surface area contributed by atoms with E-state index in [9.17, 15) is 0 Å². The molecule has 12 aromatic rings. The van der Waals surface area contributed by atoms with Crippen LogP contribution in [0.2, 0.25) is 0 Å². The number of hydrogen-bond donors (Lipinski definition) is 0. The number of anilines is 3. The number of para-hydroxylation sites is 2. The van der Waals surface area contributed by atoms with Crippen LogP contribution in [0.3, 0.4) is 0 Å². The monoisotopic (exact) mass is 725 g/mol. The van der Waals surface area contributed by atoms with Gasteiger partial charge in [-0.25, -0.2) is 0 Å². The molecule has 0 saturated heterocycles. The average molecular weight is 726 g/mol. The van der Waals surface area contributed by atoms with Crippen molar-refractivity contribution in [2.24, 2.45) is 0 Å². The molecule has 3 nitrogen and oxygen atoms in total. The highest BCUT2D eigenvalue weighted by Crippen LogP contribution is 2.47. The molecule has 3 aromatic heterocycles. The second-order valence-corrected chi connectivity index (χ2v) is 14.9. The Hall–Kier alpha value is -7.62. The van der Waals surface area contributed by atoms with E-state index in [1.54, 1.807) is 0 Å². The first-order chi connectivity index (χ1) is 28.3. The summed E-state index contributed by atoms with van der Waals surface area (Å²) in [4.78, 5) is 2.34. The number of rotatable bonds is 6. The maximum Gasteiger partial charge on any atom is 0.0641 e. The fourth-order valence-electron chi connectivity index (χ4n) is 9.41. The third kappa shape index (κ3) is 4.73. The van der Waals surface area contributed by atoms with Crippen LogP contribution < -0.4 is 4.90 Å². The van der Waals surface area contributed by atoms with E-state index >= 15 is 0 Å². The zero-order valence-electron chi connectivity index (χ0n) is 31.0. The molecule has 0 amide bonds. The Morgan fingerprint density at radius 1 is 0.298 bits per heavy atom. The smallest absolute Gasteiger partial charge is 0.0641 e. The third-order valence-corrected chi connectivity index (χ3v) is 11.8. The van der Waals surface area contributed by atoms with E-state index in [1.807, 2.05) is 0 Å². The quantitative estimate of drug-likeness (QED) is 0.166. The lowest BCUT2D eigenvalue weighted by Crippen LogP contribution is -2.10. The fraction of sp³-hybridized carbons (Fsp3) is 0. The van der Waals surface area contributed by atoms with Crippen LogP contribution in [0.4, 0.5) is 17.1 Å². The van der Waals surface area contributed by atoms with Crippen LogP contribution in [0.25, 0.3) is 87.8 Å². The number of hydrogen-bond acceptors (Lipinski definition) is 1. The van der Waals surface area contributed by atoms with Gasteiger partial charge >= 0.3 is 0 Å². The maximum atomic E-state index is 2.53. The van der Waals surface area contributed by atoms with E-state index in [1.165, 1.54) is 82.2 Å². The van der Waals surface area contributed by atoms with Gasteiger partial charge in [-0.15, -0.1) is 0 Å². The molecule has 0 fully saturated rings. The topological polar surface area (TPSA) is 12.6 Å². The van der Waals surface area contributed by atoms with Gasteiger partial charge in [-0.1, -0.05) is 140 Å². The predicted octanol–water partition coefficient (Wildman–Crippen LogP) is 14.7. The van der Waals surface area contributed by atoms with Crippen molar-refractivity contribution in [2.75, 3.05) is 4.90 Å². The van der Waals surface area contributed by atoms with Crippen molar-refractivity contribution >= 4 is 77.0 Å². The Bertz CT molecular complexity index is 3420. The van der Waals surface area contributed by atoms with Crippen molar-refractivity contribution in [3.05, 3.63) is 212 Å². The van der Waals surface area contributed by atoms with Crippen LogP contribution in [0.5, 0.6) is 0 Å². The van der Waals surface area contributed by atoms with Crippen molar-refractivity contribution in [1.29, 1.82) is 0 Å². The lowest BCUT2D eigenvalue weighted by molar-refractivity contribution is 1.17. The molecule has 3 heteroatoms. The Kier molecular flexibility index (Phi) is 6.93. The van der Waals surface area contributed by atoms with Crippen molar-refractivity contribution < 1.29 is 0 Å². The van der Waals surface area contributed by atoms with E-state index in [-0.39, 0.29) is 0 Å². The molecule has 0 atom stereocenters. The van der Waals surface area contributed by atoms with E-state index in [0.717, 1.165) is 22.7 Å². The van der Waals surface area contributed by atoms with Gasteiger partial charge in [-0.05, 0) is 100 Å². The highest BCUT2D eigenvalue weighted by molar-refractivity contribution is 6.34. The number of aromatic nitrogens is 2. The van der Waals surface area contributed by atoms with Gasteiger partial charge in [0.05, 0.1) is 27.6 Å². The third-order valence-electron chi connectivity index (χ3n) is 11.8. The van der Waals surface area contributed by atoms with Gasteiger partial charge < -0.3 is 13.9 Å². The minimum Gasteiger partial charge on any atom is -0.311 e. The Balaban J connectivity index is 1.10. The van der Waals surface area contributed by atoms with Gasteiger partial charge in [0.2, 0.25) is 0 Å². The summed E-state index contributed by atoms with van der Waals surface area (Å²) in [6.45, 7) is 0. The van der Waals surface area contributed by atoms with E-state index in [2.05, 4.69) is 226 Å². The predicted molar refractivity (Wildman–Crippen MR) is 241 cm³/mol. The summed E-state index contributed by atoms with van der Waals surface area (Å²) in [7, 11) is 0. The lowest BCUT2D eigenvalue weighted by Gasteiger charge is -2.26. The first-order valence-corrected chi connectivity index (χ1v) is 19.6. The summed E-state index contributed by atoms with van der Waals surface area (Å²) in [5.74, 6) is 0.